The predicted molar refractivity (Wildman–Crippen MR) is 99.6 cm³/mol. The number of thiocarbonyl (C=S) groups is 1. The molecule has 3 rings (SSSR count). The molecular weight excluding hydrogens is 326 g/mol. The monoisotopic (exact) mass is 341 g/mol. The molecule has 0 saturated carbocycles. The summed E-state index contributed by atoms with van der Waals surface area (Å²) in [6.07, 6.45) is 2.70. The Bertz CT molecular complexity index is 797. The van der Waals surface area contributed by atoms with Crippen LogP contribution in [-0.2, 0) is 11.2 Å². The van der Waals surface area contributed by atoms with Gasteiger partial charge in [0.25, 0.3) is 5.91 Å². The van der Waals surface area contributed by atoms with Gasteiger partial charge in [-0.15, -0.1) is 0 Å². The maximum Gasteiger partial charge on any atom is 0.270 e. The third-order valence-electron chi connectivity index (χ3n) is 3.56. The summed E-state index contributed by atoms with van der Waals surface area (Å²) < 4.78 is 0.519. The smallest absolute Gasteiger partial charge is 0.270 e. The van der Waals surface area contributed by atoms with Gasteiger partial charge in [0.2, 0.25) is 0 Å². The Morgan fingerprint density at radius 3 is 2.61 bits per heavy atom. The van der Waals surface area contributed by atoms with Crippen LogP contribution in [0.15, 0.2) is 53.4 Å². The van der Waals surface area contributed by atoms with Gasteiger partial charge in [0.1, 0.15) is 5.75 Å². The van der Waals surface area contributed by atoms with E-state index in [9.17, 15) is 9.90 Å². The zero-order chi connectivity index (χ0) is 16.4. The molecule has 3 nitrogen and oxygen atoms in total. The number of benzene rings is 2. The Labute approximate surface area is 144 Å². The zero-order valence-electron chi connectivity index (χ0n) is 12.5. The van der Waals surface area contributed by atoms with Crippen LogP contribution in [0.5, 0.6) is 5.75 Å². The second-order valence-electron chi connectivity index (χ2n) is 5.13. The van der Waals surface area contributed by atoms with Gasteiger partial charge in [-0.25, -0.2) is 0 Å². The Hall–Kier alpha value is -2.11. The van der Waals surface area contributed by atoms with Crippen LogP contribution < -0.4 is 4.90 Å². The van der Waals surface area contributed by atoms with E-state index in [1.807, 2.05) is 30.3 Å². The molecule has 0 spiro atoms. The standard InChI is InChI=1S/C18H15NO2S2/c1-2-12-6-8-14(9-7-12)19-17(21)16(23-18(19)22)11-13-4-3-5-15(20)10-13/h3-11,20H,2H2,1H3/b16-11-. The van der Waals surface area contributed by atoms with Crippen molar-refractivity contribution in [1.82, 2.24) is 0 Å². The highest BCUT2D eigenvalue weighted by Gasteiger charge is 2.33. The van der Waals surface area contributed by atoms with Crippen LogP contribution in [0.25, 0.3) is 6.08 Å². The lowest BCUT2D eigenvalue weighted by Gasteiger charge is -2.14. The average Bonchev–Trinajstić information content (AvgIpc) is 2.81. The van der Waals surface area contributed by atoms with Crippen LogP contribution in [0.2, 0.25) is 0 Å². The first-order valence-electron chi connectivity index (χ1n) is 7.24. The normalized spacial score (nSPS) is 16.4. The number of thioether (sulfide) groups is 1. The summed E-state index contributed by atoms with van der Waals surface area (Å²) in [5.41, 5.74) is 2.77. The number of phenolic OH excluding ortho intramolecular Hbond substituents is 1. The van der Waals surface area contributed by atoms with Crippen molar-refractivity contribution < 1.29 is 9.90 Å². The number of rotatable bonds is 3. The lowest BCUT2D eigenvalue weighted by Crippen LogP contribution is -2.27. The van der Waals surface area contributed by atoms with Crippen molar-refractivity contribution in [3.63, 3.8) is 0 Å². The average molecular weight is 341 g/mol. The molecule has 0 atom stereocenters. The fraction of sp³-hybridized carbons (Fsp3) is 0.111. The molecule has 0 radical (unpaired) electrons. The molecule has 1 fully saturated rings. The summed E-state index contributed by atoms with van der Waals surface area (Å²) in [7, 11) is 0. The highest BCUT2D eigenvalue weighted by molar-refractivity contribution is 8.27. The Kier molecular flexibility index (Phi) is 4.50. The summed E-state index contributed by atoms with van der Waals surface area (Å²) in [5, 5.41) is 9.53. The summed E-state index contributed by atoms with van der Waals surface area (Å²) in [6.45, 7) is 2.09. The third kappa shape index (κ3) is 3.30. The first-order valence-corrected chi connectivity index (χ1v) is 8.47. The fourth-order valence-electron chi connectivity index (χ4n) is 2.34. The largest absolute Gasteiger partial charge is 0.508 e. The first-order chi connectivity index (χ1) is 11.1. The number of carbonyl (C=O) groups is 1. The van der Waals surface area contributed by atoms with Crippen LogP contribution in [0.4, 0.5) is 5.69 Å². The van der Waals surface area contributed by atoms with Crippen molar-refractivity contribution >= 4 is 46.0 Å². The van der Waals surface area contributed by atoms with Crippen LogP contribution >= 0.6 is 24.0 Å². The maximum absolute atomic E-state index is 12.6. The van der Waals surface area contributed by atoms with Gasteiger partial charge < -0.3 is 5.11 Å². The summed E-state index contributed by atoms with van der Waals surface area (Å²) in [6, 6.07) is 14.6. The summed E-state index contributed by atoms with van der Waals surface area (Å²) in [5.74, 6) is 0.0389. The Balaban J connectivity index is 1.90. The second kappa shape index (κ2) is 6.56. The molecule has 116 valence electrons. The molecule has 1 saturated heterocycles. The quantitative estimate of drug-likeness (QED) is 0.665. The van der Waals surface area contributed by atoms with E-state index in [0.29, 0.717) is 9.23 Å². The molecule has 0 unspecified atom stereocenters. The number of hydrogen-bond donors (Lipinski definition) is 1. The van der Waals surface area contributed by atoms with E-state index in [1.165, 1.54) is 17.3 Å². The first kappa shape index (κ1) is 15.8. The van der Waals surface area contributed by atoms with E-state index in [0.717, 1.165) is 17.7 Å². The molecule has 1 aliphatic heterocycles. The van der Waals surface area contributed by atoms with Gasteiger partial charge >= 0.3 is 0 Å². The van der Waals surface area contributed by atoms with Gasteiger partial charge in [-0.1, -0.05) is 55.2 Å². The van der Waals surface area contributed by atoms with Crippen molar-refractivity contribution in [3.8, 4) is 5.75 Å². The van der Waals surface area contributed by atoms with Gasteiger partial charge in [-0.3, -0.25) is 9.69 Å². The van der Waals surface area contributed by atoms with Crippen LogP contribution in [0.1, 0.15) is 18.1 Å². The molecule has 1 amide bonds. The SMILES string of the molecule is CCc1ccc(N2C(=O)/C(=C/c3cccc(O)c3)SC2=S)cc1. The number of anilines is 1. The number of phenols is 1. The van der Waals surface area contributed by atoms with Gasteiger partial charge in [0.05, 0.1) is 10.6 Å². The molecule has 1 heterocycles. The highest BCUT2D eigenvalue weighted by Crippen LogP contribution is 2.36. The molecule has 2 aromatic carbocycles. The number of hydrogen-bond acceptors (Lipinski definition) is 4. The third-order valence-corrected chi connectivity index (χ3v) is 4.87. The van der Waals surface area contributed by atoms with Gasteiger partial charge in [-0.05, 0) is 47.9 Å². The molecule has 1 aliphatic rings. The Morgan fingerprint density at radius 2 is 1.96 bits per heavy atom. The van der Waals surface area contributed by atoms with Gasteiger partial charge in [-0.2, -0.15) is 0 Å². The van der Waals surface area contributed by atoms with Crippen LogP contribution in [0.3, 0.4) is 0 Å². The number of nitrogens with zero attached hydrogens (tertiary/aromatic N) is 1. The van der Waals surface area contributed by atoms with Gasteiger partial charge in [0.15, 0.2) is 4.32 Å². The number of carbonyl (C=O) groups excluding carboxylic acids is 1. The van der Waals surface area contributed by atoms with E-state index in [4.69, 9.17) is 12.2 Å². The van der Waals surface area contributed by atoms with Crippen LogP contribution in [-0.4, -0.2) is 15.3 Å². The van der Waals surface area contributed by atoms with Crippen molar-refractivity contribution in [2.24, 2.45) is 0 Å². The molecule has 2 aromatic rings. The van der Waals surface area contributed by atoms with E-state index < -0.39 is 0 Å². The summed E-state index contributed by atoms with van der Waals surface area (Å²) in [4.78, 5) is 14.8. The number of aryl methyl sites for hydroxylation is 1. The minimum absolute atomic E-state index is 0.132. The second-order valence-corrected chi connectivity index (χ2v) is 6.81. The van der Waals surface area contributed by atoms with E-state index in [2.05, 4.69) is 6.92 Å². The molecule has 0 aliphatic carbocycles. The van der Waals surface area contributed by atoms with Crippen LogP contribution in [0, 0.1) is 0 Å². The predicted octanol–water partition coefficient (Wildman–Crippen LogP) is 4.36. The Morgan fingerprint density at radius 1 is 1.22 bits per heavy atom. The highest BCUT2D eigenvalue weighted by atomic mass is 32.2. The molecule has 1 N–H and O–H groups in total. The van der Waals surface area contributed by atoms with E-state index in [1.54, 1.807) is 29.2 Å². The lowest BCUT2D eigenvalue weighted by atomic mass is 10.1. The van der Waals surface area contributed by atoms with Crippen molar-refractivity contribution in [2.45, 2.75) is 13.3 Å². The number of aromatic hydroxyl groups is 1. The topological polar surface area (TPSA) is 40.5 Å². The molecule has 0 bridgehead atoms. The minimum atomic E-state index is -0.132. The molecular formula is C18H15NO2S2. The minimum Gasteiger partial charge on any atom is -0.508 e. The molecule has 23 heavy (non-hydrogen) atoms. The maximum atomic E-state index is 12.6. The van der Waals surface area contributed by atoms with Crippen molar-refractivity contribution in [3.05, 3.63) is 64.6 Å². The number of amides is 1. The lowest BCUT2D eigenvalue weighted by molar-refractivity contribution is -0.113. The van der Waals surface area contributed by atoms with E-state index >= 15 is 0 Å². The fourth-order valence-corrected chi connectivity index (χ4v) is 3.64. The van der Waals surface area contributed by atoms with E-state index in [-0.39, 0.29) is 11.7 Å². The zero-order valence-corrected chi connectivity index (χ0v) is 14.2. The summed E-state index contributed by atoms with van der Waals surface area (Å²) >= 11 is 6.63. The van der Waals surface area contributed by atoms with Crippen molar-refractivity contribution in [2.75, 3.05) is 4.90 Å². The van der Waals surface area contributed by atoms with Crippen molar-refractivity contribution in [1.29, 1.82) is 0 Å². The molecule has 0 aromatic heterocycles. The van der Waals surface area contributed by atoms with Gasteiger partial charge in [0, 0.05) is 0 Å². The molecule has 5 heteroatoms.